The van der Waals surface area contributed by atoms with Crippen molar-refractivity contribution in [3.8, 4) is 11.6 Å². The maximum atomic E-state index is 6.16. The topological polar surface area (TPSA) is 35.0 Å². The Hall–Kier alpha value is -1.61. The molecule has 1 aromatic heterocycles. The van der Waals surface area contributed by atoms with Crippen LogP contribution < -0.4 is 4.74 Å². The van der Waals surface area contributed by atoms with E-state index in [-0.39, 0.29) is 0 Å². The molecule has 1 heterocycles. The first kappa shape index (κ1) is 15.8. The maximum Gasteiger partial charge on any atom is 0.227 e. The number of hydrogen-bond acceptors (Lipinski definition) is 3. The van der Waals surface area contributed by atoms with Crippen LogP contribution in [0.3, 0.4) is 0 Å². The predicted octanol–water partition coefficient (Wildman–Crippen LogP) is 5.31. The number of hydrogen-bond donors (Lipinski definition) is 0. The van der Waals surface area contributed by atoms with Crippen molar-refractivity contribution >= 4 is 11.6 Å². The monoisotopic (exact) mass is 304 g/mol. The van der Waals surface area contributed by atoms with Crippen molar-refractivity contribution in [2.45, 2.75) is 46.5 Å². The van der Waals surface area contributed by atoms with Crippen LogP contribution in [0, 0.1) is 6.92 Å². The first-order valence-corrected chi connectivity index (χ1v) is 7.74. The van der Waals surface area contributed by atoms with Crippen LogP contribution in [0.15, 0.2) is 24.3 Å². The van der Waals surface area contributed by atoms with Crippen LogP contribution in [-0.2, 0) is 6.42 Å². The van der Waals surface area contributed by atoms with Gasteiger partial charge in [-0.25, -0.2) is 4.98 Å². The molecule has 0 aliphatic carbocycles. The van der Waals surface area contributed by atoms with Crippen molar-refractivity contribution < 1.29 is 4.74 Å². The molecule has 4 heteroatoms. The summed E-state index contributed by atoms with van der Waals surface area (Å²) in [6.07, 6.45) is 1.79. The Morgan fingerprint density at radius 1 is 1.19 bits per heavy atom. The highest BCUT2D eigenvalue weighted by atomic mass is 35.5. The van der Waals surface area contributed by atoms with E-state index < -0.39 is 0 Å². The van der Waals surface area contributed by atoms with E-state index in [9.17, 15) is 0 Å². The Kier molecular flexibility index (Phi) is 5.18. The average Bonchev–Trinajstić information content (AvgIpc) is 2.51. The number of nitrogens with zero attached hydrogens (tertiary/aromatic N) is 2. The smallest absolute Gasteiger partial charge is 0.227 e. The Morgan fingerprint density at radius 3 is 2.57 bits per heavy atom. The molecule has 1 atom stereocenters. The number of halogens is 1. The Morgan fingerprint density at radius 2 is 1.90 bits per heavy atom. The molecule has 0 saturated heterocycles. The maximum absolute atomic E-state index is 6.16. The van der Waals surface area contributed by atoms with E-state index in [1.807, 2.05) is 32.0 Å². The molecule has 0 aliphatic rings. The van der Waals surface area contributed by atoms with Crippen LogP contribution >= 0.6 is 11.6 Å². The lowest BCUT2D eigenvalue weighted by Gasteiger charge is -2.16. The van der Waals surface area contributed by atoms with E-state index >= 15 is 0 Å². The minimum atomic E-state index is 0.435. The molecule has 0 spiro atoms. The summed E-state index contributed by atoms with van der Waals surface area (Å²) in [7, 11) is 0. The van der Waals surface area contributed by atoms with E-state index in [2.05, 4.69) is 29.9 Å². The largest absolute Gasteiger partial charge is 0.438 e. The molecule has 3 nitrogen and oxygen atoms in total. The molecule has 0 amide bonds. The molecule has 0 aliphatic heterocycles. The van der Waals surface area contributed by atoms with Gasteiger partial charge in [-0.05, 0) is 30.9 Å². The minimum absolute atomic E-state index is 0.435. The van der Waals surface area contributed by atoms with Gasteiger partial charge in [0.05, 0.1) is 0 Å². The van der Waals surface area contributed by atoms with Crippen LogP contribution in [0.25, 0.3) is 0 Å². The zero-order valence-electron chi connectivity index (χ0n) is 13.0. The molecular weight excluding hydrogens is 284 g/mol. The summed E-state index contributed by atoms with van der Waals surface area (Å²) in [4.78, 5) is 8.70. The number of benzene rings is 1. The van der Waals surface area contributed by atoms with Gasteiger partial charge in [0.1, 0.15) is 16.7 Å². The van der Waals surface area contributed by atoms with Gasteiger partial charge >= 0.3 is 0 Å². The second kappa shape index (κ2) is 6.90. The van der Waals surface area contributed by atoms with Gasteiger partial charge in [-0.3, -0.25) is 0 Å². The zero-order valence-corrected chi connectivity index (χ0v) is 13.7. The van der Waals surface area contributed by atoms with Crippen molar-refractivity contribution in [1.29, 1.82) is 0 Å². The summed E-state index contributed by atoms with van der Waals surface area (Å²) >= 11 is 6.16. The molecule has 0 bridgehead atoms. The van der Waals surface area contributed by atoms with Crippen LogP contribution in [0.2, 0.25) is 5.15 Å². The third-order valence-corrected chi connectivity index (χ3v) is 4.04. The fourth-order valence-electron chi connectivity index (χ4n) is 2.07. The normalized spacial score (nSPS) is 12.2. The number of ether oxygens (including phenoxy) is 1. The van der Waals surface area contributed by atoms with Crippen molar-refractivity contribution in [3.63, 3.8) is 0 Å². The summed E-state index contributed by atoms with van der Waals surface area (Å²) in [5, 5.41) is 0.456. The van der Waals surface area contributed by atoms with Gasteiger partial charge in [-0.1, -0.05) is 50.6 Å². The van der Waals surface area contributed by atoms with Crippen LogP contribution in [0.1, 0.15) is 50.1 Å². The first-order valence-electron chi connectivity index (χ1n) is 7.36. The molecule has 0 saturated carbocycles. The van der Waals surface area contributed by atoms with E-state index in [0.29, 0.717) is 22.8 Å². The summed E-state index contributed by atoms with van der Waals surface area (Å²) in [5.74, 6) is 2.51. The summed E-state index contributed by atoms with van der Waals surface area (Å²) < 4.78 is 6.05. The molecule has 0 N–H and O–H groups in total. The lowest BCUT2D eigenvalue weighted by atomic mass is 9.98. The highest BCUT2D eigenvalue weighted by Crippen LogP contribution is 2.33. The van der Waals surface area contributed by atoms with Crippen molar-refractivity contribution in [1.82, 2.24) is 9.97 Å². The minimum Gasteiger partial charge on any atom is -0.438 e. The van der Waals surface area contributed by atoms with Crippen molar-refractivity contribution in [2.24, 2.45) is 0 Å². The van der Waals surface area contributed by atoms with Gasteiger partial charge in [0, 0.05) is 12.0 Å². The first-order chi connectivity index (χ1) is 10.1. The number of aromatic nitrogens is 2. The Bertz CT molecular complexity index is 628. The quantitative estimate of drug-likeness (QED) is 0.702. The Labute approximate surface area is 131 Å². The number of aryl methyl sites for hydroxylation is 1. The van der Waals surface area contributed by atoms with Crippen LogP contribution in [0.4, 0.5) is 0 Å². The highest BCUT2D eigenvalue weighted by molar-refractivity contribution is 6.30. The molecule has 0 fully saturated rings. The van der Waals surface area contributed by atoms with Gasteiger partial charge in [0.2, 0.25) is 5.88 Å². The molecule has 21 heavy (non-hydrogen) atoms. The van der Waals surface area contributed by atoms with Gasteiger partial charge in [0.25, 0.3) is 0 Å². The summed E-state index contributed by atoms with van der Waals surface area (Å²) in [5.41, 5.74) is 1.96. The van der Waals surface area contributed by atoms with Crippen LogP contribution in [-0.4, -0.2) is 9.97 Å². The van der Waals surface area contributed by atoms with Crippen molar-refractivity contribution in [2.75, 3.05) is 0 Å². The predicted molar refractivity (Wildman–Crippen MR) is 86.4 cm³/mol. The second-order valence-electron chi connectivity index (χ2n) is 5.16. The SMILES string of the molecule is CCc1nc(Cl)c(C)c(Oc2ccccc2C(C)CC)n1. The zero-order chi connectivity index (χ0) is 15.4. The fraction of sp³-hybridized carbons (Fsp3) is 0.412. The fourth-order valence-corrected chi connectivity index (χ4v) is 2.25. The van der Waals surface area contributed by atoms with E-state index in [1.54, 1.807) is 0 Å². The van der Waals surface area contributed by atoms with E-state index in [0.717, 1.165) is 24.2 Å². The van der Waals surface area contributed by atoms with E-state index in [1.165, 1.54) is 5.56 Å². The number of para-hydroxylation sites is 1. The van der Waals surface area contributed by atoms with Crippen molar-refractivity contribution in [3.05, 3.63) is 46.4 Å². The lowest BCUT2D eigenvalue weighted by Crippen LogP contribution is -2.02. The van der Waals surface area contributed by atoms with Gasteiger partial charge in [-0.15, -0.1) is 0 Å². The molecular formula is C17H21ClN2O. The molecule has 1 aromatic carbocycles. The third kappa shape index (κ3) is 3.53. The molecule has 0 radical (unpaired) electrons. The average molecular weight is 305 g/mol. The Balaban J connectivity index is 2.41. The van der Waals surface area contributed by atoms with Gasteiger partial charge < -0.3 is 4.74 Å². The molecule has 1 unspecified atom stereocenters. The van der Waals surface area contributed by atoms with E-state index in [4.69, 9.17) is 16.3 Å². The molecule has 2 rings (SSSR count). The van der Waals surface area contributed by atoms with Gasteiger partial charge in [-0.2, -0.15) is 4.98 Å². The second-order valence-corrected chi connectivity index (χ2v) is 5.52. The standard InChI is InChI=1S/C17H21ClN2O/c1-5-11(3)13-9-7-8-10-14(13)21-17-12(4)16(18)19-15(6-2)20-17/h7-11H,5-6H2,1-4H3. The van der Waals surface area contributed by atoms with Crippen LogP contribution in [0.5, 0.6) is 11.6 Å². The molecule has 112 valence electrons. The highest BCUT2D eigenvalue weighted by Gasteiger charge is 2.14. The lowest BCUT2D eigenvalue weighted by molar-refractivity contribution is 0.444. The molecule has 2 aromatic rings. The summed E-state index contributed by atoms with van der Waals surface area (Å²) in [6.45, 7) is 8.24. The summed E-state index contributed by atoms with van der Waals surface area (Å²) in [6, 6.07) is 8.08. The third-order valence-electron chi connectivity index (χ3n) is 3.67. The van der Waals surface area contributed by atoms with Gasteiger partial charge in [0.15, 0.2) is 0 Å². The number of rotatable bonds is 5.